The Kier molecular flexibility index (Phi) is 3.62. The highest BCUT2D eigenvalue weighted by molar-refractivity contribution is 5.51. The highest BCUT2D eigenvalue weighted by Crippen LogP contribution is 2.41. The van der Waals surface area contributed by atoms with Crippen molar-refractivity contribution in [2.75, 3.05) is 13.9 Å². The van der Waals surface area contributed by atoms with Crippen LogP contribution in [0.3, 0.4) is 0 Å². The van der Waals surface area contributed by atoms with Crippen molar-refractivity contribution in [3.05, 3.63) is 17.7 Å². The van der Waals surface area contributed by atoms with Crippen molar-refractivity contribution < 1.29 is 19.3 Å². The topological polar surface area (TPSA) is 51.2 Å². The molecule has 120 valence electrons. The Morgan fingerprint density at radius 2 is 1.86 bits per heavy atom. The molecule has 1 N–H and O–H groups in total. The molecule has 5 heteroatoms. The van der Waals surface area contributed by atoms with Gasteiger partial charge in [0, 0.05) is 30.3 Å². The fourth-order valence-corrected chi connectivity index (χ4v) is 4.18. The van der Waals surface area contributed by atoms with E-state index in [1.54, 1.807) is 7.11 Å². The van der Waals surface area contributed by atoms with E-state index in [1.165, 1.54) is 19.3 Å². The van der Waals surface area contributed by atoms with Crippen LogP contribution in [0.4, 0.5) is 0 Å². The maximum absolute atomic E-state index is 10.0. The van der Waals surface area contributed by atoms with Crippen LogP contribution in [0.1, 0.15) is 37.7 Å². The summed E-state index contributed by atoms with van der Waals surface area (Å²) in [7, 11) is 1.70. The van der Waals surface area contributed by atoms with Gasteiger partial charge < -0.3 is 19.3 Å². The number of aliphatic hydroxyl groups is 1. The van der Waals surface area contributed by atoms with Crippen LogP contribution in [0.2, 0.25) is 0 Å². The predicted octanol–water partition coefficient (Wildman–Crippen LogP) is 2.30. The van der Waals surface area contributed by atoms with Gasteiger partial charge in [-0.1, -0.05) is 6.42 Å². The SMILES string of the molecule is COc1cc2c(cc1CN1[C@@H]3CCC[C@H]1CC(O)C3)OCO2. The van der Waals surface area contributed by atoms with E-state index in [9.17, 15) is 5.11 Å². The molecule has 3 aliphatic heterocycles. The fraction of sp³-hybridized carbons (Fsp3) is 0.647. The molecule has 2 saturated heterocycles. The Labute approximate surface area is 130 Å². The summed E-state index contributed by atoms with van der Waals surface area (Å²) in [5.41, 5.74) is 1.14. The number of benzene rings is 1. The molecule has 3 heterocycles. The maximum Gasteiger partial charge on any atom is 0.231 e. The number of rotatable bonds is 3. The second-order valence-electron chi connectivity index (χ2n) is 6.55. The molecule has 5 nitrogen and oxygen atoms in total. The van der Waals surface area contributed by atoms with E-state index in [2.05, 4.69) is 4.90 Å². The summed E-state index contributed by atoms with van der Waals surface area (Å²) in [6.07, 6.45) is 5.29. The third-order valence-corrected chi connectivity index (χ3v) is 5.23. The molecule has 0 aromatic heterocycles. The van der Waals surface area contributed by atoms with Gasteiger partial charge in [0.1, 0.15) is 5.75 Å². The number of piperidine rings is 2. The molecule has 1 aromatic carbocycles. The van der Waals surface area contributed by atoms with Crippen molar-refractivity contribution in [2.24, 2.45) is 0 Å². The molecule has 22 heavy (non-hydrogen) atoms. The lowest BCUT2D eigenvalue weighted by Crippen LogP contribution is -2.52. The first-order valence-electron chi connectivity index (χ1n) is 8.15. The van der Waals surface area contributed by atoms with E-state index < -0.39 is 0 Å². The predicted molar refractivity (Wildman–Crippen MR) is 81.3 cm³/mol. The van der Waals surface area contributed by atoms with Crippen LogP contribution in [0.5, 0.6) is 17.2 Å². The Bertz CT molecular complexity index is 548. The van der Waals surface area contributed by atoms with Crippen molar-refractivity contribution in [3.63, 3.8) is 0 Å². The van der Waals surface area contributed by atoms with E-state index >= 15 is 0 Å². The van der Waals surface area contributed by atoms with Gasteiger partial charge in [-0.2, -0.15) is 0 Å². The van der Waals surface area contributed by atoms with Crippen molar-refractivity contribution in [2.45, 2.75) is 56.8 Å². The Balaban J connectivity index is 1.60. The van der Waals surface area contributed by atoms with Crippen LogP contribution < -0.4 is 14.2 Å². The molecule has 3 atom stereocenters. The average Bonchev–Trinajstić information content (AvgIpc) is 2.94. The third-order valence-electron chi connectivity index (χ3n) is 5.23. The van der Waals surface area contributed by atoms with Crippen molar-refractivity contribution >= 4 is 0 Å². The molecule has 1 unspecified atom stereocenters. The summed E-state index contributed by atoms with van der Waals surface area (Å²) in [6.45, 7) is 1.13. The fourth-order valence-electron chi connectivity index (χ4n) is 4.18. The zero-order chi connectivity index (χ0) is 15.1. The molecule has 3 aliphatic rings. The minimum atomic E-state index is -0.134. The summed E-state index contributed by atoms with van der Waals surface area (Å²) in [5, 5.41) is 10.0. The van der Waals surface area contributed by atoms with E-state index in [4.69, 9.17) is 14.2 Å². The number of aliphatic hydroxyl groups excluding tert-OH is 1. The lowest BCUT2D eigenvalue weighted by molar-refractivity contribution is -0.0315. The lowest BCUT2D eigenvalue weighted by Gasteiger charge is -2.48. The van der Waals surface area contributed by atoms with Crippen molar-refractivity contribution in [1.82, 2.24) is 4.90 Å². The molecule has 1 aromatic rings. The Hall–Kier alpha value is -1.46. The van der Waals surface area contributed by atoms with Gasteiger partial charge in [-0.3, -0.25) is 4.90 Å². The summed E-state index contributed by atoms with van der Waals surface area (Å²) < 4.78 is 16.5. The minimum Gasteiger partial charge on any atom is -0.496 e. The molecule has 2 bridgehead atoms. The van der Waals surface area contributed by atoms with Gasteiger partial charge >= 0.3 is 0 Å². The van der Waals surface area contributed by atoms with Gasteiger partial charge in [-0.25, -0.2) is 0 Å². The molecule has 2 fully saturated rings. The monoisotopic (exact) mass is 305 g/mol. The summed E-state index contributed by atoms with van der Waals surface area (Å²) >= 11 is 0. The number of ether oxygens (including phenoxy) is 3. The molecular formula is C17H23NO4. The Morgan fingerprint density at radius 1 is 1.18 bits per heavy atom. The third kappa shape index (κ3) is 2.42. The minimum absolute atomic E-state index is 0.134. The van der Waals surface area contributed by atoms with Gasteiger partial charge in [-0.05, 0) is 31.7 Å². The maximum atomic E-state index is 10.0. The van der Waals surface area contributed by atoms with Crippen LogP contribution in [-0.2, 0) is 6.54 Å². The van der Waals surface area contributed by atoms with Gasteiger partial charge in [0.25, 0.3) is 0 Å². The molecule has 0 amide bonds. The number of hydrogen-bond acceptors (Lipinski definition) is 5. The van der Waals surface area contributed by atoms with Gasteiger partial charge in [0.15, 0.2) is 11.5 Å². The Morgan fingerprint density at radius 3 is 2.55 bits per heavy atom. The first-order valence-corrected chi connectivity index (χ1v) is 8.15. The number of nitrogens with zero attached hydrogens (tertiary/aromatic N) is 1. The summed E-state index contributed by atoms with van der Waals surface area (Å²) in [5.74, 6) is 2.42. The van der Waals surface area contributed by atoms with Crippen LogP contribution in [0.15, 0.2) is 12.1 Å². The second-order valence-corrected chi connectivity index (χ2v) is 6.55. The first kappa shape index (κ1) is 14.2. The zero-order valence-electron chi connectivity index (χ0n) is 13.0. The van der Waals surface area contributed by atoms with Gasteiger partial charge in [0.05, 0.1) is 13.2 Å². The first-order chi connectivity index (χ1) is 10.7. The van der Waals surface area contributed by atoms with E-state index in [0.29, 0.717) is 12.1 Å². The standard InChI is InChI=1S/C17H23NO4/c1-20-15-8-17-16(21-10-22-17)5-11(15)9-18-12-3-2-4-13(18)7-14(19)6-12/h5,8,12-14,19H,2-4,6-7,9-10H2,1H3/t12-,13+,14?. The smallest absolute Gasteiger partial charge is 0.231 e. The quantitative estimate of drug-likeness (QED) is 0.928. The average molecular weight is 305 g/mol. The molecule has 0 radical (unpaired) electrons. The van der Waals surface area contributed by atoms with E-state index in [1.807, 2.05) is 12.1 Å². The summed E-state index contributed by atoms with van der Waals surface area (Å²) in [6, 6.07) is 4.93. The van der Waals surface area contributed by atoms with Crippen LogP contribution in [0, 0.1) is 0 Å². The molecular weight excluding hydrogens is 282 g/mol. The second kappa shape index (κ2) is 5.63. The summed E-state index contributed by atoms with van der Waals surface area (Å²) in [4.78, 5) is 2.55. The van der Waals surface area contributed by atoms with Gasteiger partial charge in [-0.15, -0.1) is 0 Å². The van der Waals surface area contributed by atoms with Gasteiger partial charge in [0.2, 0.25) is 6.79 Å². The molecule has 4 rings (SSSR count). The van der Waals surface area contributed by atoms with E-state index in [-0.39, 0.29) is 12.9 Å². The largest absolute Gasteiger partial charge is 0.496 e. The number of fused-ring (bicyclic) bond motifs is 3. The molecule has 0 saturated carbocycles. The zero-order valence-corrected chi connectivity index (χ0v) is 13.0. The normalized spacial score (nSPS) is 30.4. The lowest BCUT2D eigenvalue weighted by atomic mass is 9.82. The molecule has 0 aliphatic carbocycles. The highest BCUT2D eigenvalue weighted by atomic mass is 16.7. The van der Waals surface area contributed by atoms with Crippen molar-refractivity contribution in [1.29, 1.82) is 0 Å². The molecule has 0 spiro atoms. The van der Waals surface area contributed by atoms with Crippen LogP contribution in [0.25, 0.3) is 0 Å². The van der Waals surface area contributed by atoms with Crippen molar-refractivity contribution in [3.8, 4) is 17.2 Å². The van der Waals surface area contributed by atoms with Crippen LogP contribution >= 0.6 is 0 Å². The van der Waals surface area contributed by atoms with Crippen LogP contribution in [-0.4, -0.2) is 42.1 Å². The van der Waals surface area contributed by atoms with E-state index in [0.717, 1.165) is 42.2 Å². The number of hydrogen-bond donors (Lipinski definition) is 1. The number of methoxy groups -OCH3 is 1. The highest BCUT2D eigenvalue weighted by Gasteiger charge is 2.38.